The van der Waals surface area contributed by atoms with Crippen LogP contribution in [-0.4, -0.2) is 16.1 Å². The number of rotatable bonds is 5. The molecule has 0 fully saturated rings. The summed E-state index contributed by atoms with van der Waals surface area (Å²) in [6.45, 7) is 3.89. The van der Waals surface area contributed by atoms with E-state index in [1.807, 2.05) is 32.0 Å². The number of nitrogens with zero attached hydrogens (tertiary/aromatic N) is 2. The van der Waals surface area contributed by atoms with Gasteiger partial charge in [0, 0.05) is 22.7 Å². The molecule has 6 heteroatoms. The van der Waals surface area contributed by atoms with Crippen molar-refractivity contribution in [3.8, 4) is 17.2 Å². The van der Waals surface area contributed by atoms with E-state index in [1.165, 1.54) is 12.1 Å². The molecule has 32 heavy (non-hydrogen) atoms. The Morgan fingerprint density at radius 2 is 1.84 bits per heavy atom. The molecule has 4 aromatic rings. The second-order valence-corrected chi connectivity index (χ2v) is 7.64. The van der Waals surface area contributed by atoms with Gasteiger partial charge in [-0.2, -0.15) is 5.26 Å². The third-order valence-electron chi connectivity index (χ3n) is 5.37. The second kappa shape index (κ2) is 8.48. The minimum Gasteiger partial charge on any atom is -0.478 e. The average molecular weight is 425 g/mol. The lowest BCUT2D eigenvalue weighted by Crippen LogP contribution is -2.11. The Morgan fingerprint density at radius 3 is 2.53 bits per heavy atom. The second-order valence-electron chi connectivity index (χ2n) is 7.64. The lowest BCUT2D eigenvalue weighted by molar-refractivity contribution is 0.0698. The Morgan fingerprint density at radius 1 is 1.12 bits per heavy atom. The van der Waals surface area contributed by atoms with Crippen molar-refractivity contribution in [1.29, 1.82) is 5.26 Å². The van der Waals surface area contributed by atoms with Gasteiger partial charge in [0.2, 0.25) is 0 Å². The first kappa shape index (κ1) is 21.0. The Labute approximate surface area is 184 Å². The van der Waals surface area contributed by atoms with Crippen LogP contribution >= 0.6 is 0 Å². The molecule has 0 aliphatic heterocycles. The fourth-order valence-corrected chi connectivity index (χ4v) is 3.85. The molecule has 158 valence electrons. The molecular weight excluding hydrogens is 405 g/mol. The summed E-state index contributed by atoms with van der Waals surface area (Å²) in [4.78, 5) is 16.2. The predicted molar refractivity (Wildman–Crippen MR) is 122 cm³/mol. The van der Waals surface area contributed by atoms with Gasteiger partial charge in [0.25, 0.3) is 0 Å². The monoisotopic (exact) mass is 425 g/mol. The predicted octanol–water partition coefficient (Wildman–Crippen LogP) is 6.09. The topological polar surface area (TPSA) is 86.0 Å². The van der Waals surface area contributed by atoms with E-state index < -0.39 is 5.97 Å². The van der Waals surface area contributed by atoms with Crippen molar-refractivity contribution in [3.05, 3.63) is 94.9 Å². The van der Waals surface area contributed by atoms with E-state index in [4.69, 9.17) is 0 Å². The molecule has 0 aliphatic carbocycles. The first-order chi connectivity index (χ1) is 15.4. The van der Waals surface area contributed by atoms with Crippen molar-refractivity contribution in [2.24, 2.45) is 0 Å². The highest BCUT2D eigenvalue weighted by molar-refractivity contribution is 5.94. The van der Waals surface area contributed by atoms with E-state index in [-0.39, 0.29) is 23.1 Å². The smallest absolute Gasteiger partial charge is 0.337 e. The normalized spacial score (nSPS) is 11.7. The highest BCUT2D eigenvalue weighted by Crippen LogP contribution is 2.33. The van der Waals surface area contributed by atoms with E-state index in [0.29, 0.717) is 22.3 Å². The first-order valence-electron chi connectivity index (χ1n) is 10.1. The minimum atomic E-state index is -1.01. The van der Waals surface area contributed by atoms with Crippen molar-refractivity contribution >= 4 is 22.6 Å². The highest BCUT2D eigenvalue weighted by Gasteiger charge is 2.17. The van der Waals surface area contributed by atoms with Gasteiger partial charge in [0.15, 0.2) is 0 Å². The number of hydrogen-bond donors (Lipinski definition) is 2. The summed E-state index contributed by atoms with van der Waals surface area (Å²) < 4.78 is 13.4. The van der Waals surface area contributed by atoms with Gasteiger partial charge in [-0.05, 0) is 66.9 Å². The molecule has 0 bridgehead atoms. The summed E-state index contributed by atoms with van der Waals surface area (Å²) >= 11 is 0. The number of aromatic nitrogens is 1. The number of anilines is 1. The molecule has 1 atom stereocenters. The van der Waals surface area contributed by atoms with Crippen LogP contribution in [0.4, 0.5) is 10.1 Å². The number of hydrogen-bond acceptors (Lipinski definition) is 4. The Kier molecular flexibility index (Phi) is 5.57. The lowest BCUT2D eigenvalue weighted by Gasteiger charge is -2.20. The van der Waals surface area contributed by atoms with Crippen LogP contribution < -0.4 is 5.32 Å². The maximum absolute atomic E-state index is 13.4. The summed E-state index contributed by atoms with van der Waals surface area (Å²) in [6, 6.07) is 20.4. The number of carbonyl (C=O) groups is 1. The van der Waals surface area contributed by atoms with Crippen LogP contribution in [0.1, 0.15) is 40.1 Å². The van der Waals surface area contributed by atoms with Gasteiger partial charge in [-0.15, -0.1) is 0 Å². The molecule has 0 amide bonds. The zero-order chi connectivity index (χ0) is 22.8. The van der Waals surface area contributed by atoms with E-state index in [1.54, 1.807) is 36.4 Å². The molecule has 5 nitrogen and oxygen atoms in total. The Hall–Kier alpha value is -4.24. The molecule has 3 aromatic carbocycles. The molecule has 0 spiro atoms. The van der Waals surface area contributed by atoms with E-state index >= 15 is 0 Å². The number of carboxylic acids is 1. The molecule has 1 heterocycles. The van der Waals surface area contributed by atoms with Gasteiger partial charge in [-0.25, -0.2) is 14.2 Å². The zero-order valence-electron chi connectivity index (χ0n) is 17.6. The summed E-state index contributed by atoms with van der Waals surface area (Å²) in [5, 5.41) is 23.3. The van der Waals surface area contributed by atoms with Crippen LogP contribution in [0.15, 0.2) is 66.7 Å². The van der Waals surface area contributed by atoms with Gasteiger partial charge < -0.3 is 10.4 Å². The van der Waals surface area contributed by atoms with Gasteiger partial charge in [-0.1, -0.05) is 30.3 Å². The molecule has 4 rings (SSSR count). The fourth-order valence-electron chi connectivity index (χ4n) is 3.85. The highest BCUT2D eigenvalue weighted by atomic mass is 19.1. The number of benzene rings is 3. The molecule has 0 aliphatic rings. The van der Waals surface area contributed by atoms with Crippen LogP contribution in [0, 0.1) is 24.1 Å². The third-order valence-corrected chi connectivity index (χ3v) is 5.37. The number of carboxylic acid groups (broad SMARTS) is 1. The van der Waals surface area contributed by atoms with Crippen LogP contribution in [0.3, 0.4) is 0 Å². The molecule has 2 N–H and O–H groups in total. The molecule has 0 saturated heterocycles. The van der Waals surface area contributed by atoms with Crippen LogP contribution in [0.2, 0.25) is 0 Å². The van der Waals surface area contributed by atoms with E-state index in [9.17, 15) is 19.6 Å². The van der Waals surface area contributed by atoms with Gasteiger partial charge in [0.05, 0.1) is 11.1 Å². The van der Waals surface area contributed by atoms with Crippen LogP contribution in [0.5, 0.6) is 0 Å². The first-order valence-corrected chi connectivity index (χ1v) is 10.1. The van der Waals surface area contributed by atoms with E-state index in [2.05, 4.69) is 16.4 Å². The van der Waals surface area contributed by atoms with Gasteiger partial charge >= 0.3 is 5.97 Å². The maximum Gasteiger partial charge on any atom is 0.337 e. The molecule has 1 unspecified atom stereocenters. The molecular formula is C26H20FN3O2. The van der Waals surface area contributed by atoms with Crippen molar-refractivity contribution in [2.45, 2.75) is 19.9 Å². The van der Waals surface area contributed by atoms with Crippen molar-refractivity contribution < 1.29 is 14.3 Å². The van der Waals surface area contributed by atoms with Crippen molar-refractivity contribution in [2.75, 3.05) is 5.32 Å². The summed E-state index contributed by atoms with van der Waals surface area (Å²) in [5.74, 6) is -1.36. The average Bonchev–Trinajstić information content (AvgIpc) is 2.78. The molecule has 0 saturated carbocycles. The number of nitrogens with one attached hydrogen (secondary N) is 1. The fraction of sp³-hybridized carbons (Fsp3) is 0.115. The van der Waals surface area contributed by atoms with Crippen molar-refractivity contribution in [1.82, 2.24) is 4.98 Å². The number of aryl methyl sites for hydroxylation is 1. The number of para-hydroxylation sites is 1. The van der Waals surface area contributed by atoms with Crippen molar-refractivity contribution in [3.63, 3.8) is 0 Å². The third kappa shape index (κ3) is 4.01. The van der Waals surface area contributed by atoms with Crippen LogP contribution in [-0.2, 0) is 0 Å². The Bertz CT molecular complexity index is 1370. The maximum atomic E-state index is 13.4. The zero-order valence-corrected chi connectivity index (χ0v) is 17.6. The summed E-state index contributed by atoms with van der Waals surface area (Å²) in [7, 11) is 0. The number of aromatic carboxylic acids is 1. The lowest BCUT2D eigenvalue weighted by atomic mass is 9.95. The Balaban J connectivity index is 1.86. The van der Waals surface area contributed by atoms with Gasteiger partial charge in [0.1, 0.15) is 17.6 Å². The standard InChI is InChI=1S/C26H20FN3O2/c1-15-11-20(16(2)29-23-6-4-3-5-19(23)26(31)32)22-13-21(17-7-9-18(27)10-8-17)25(14-28)30-24(22)12-15/h3-13,16,29H,1-2H3,(H,31,32). The number of pyridine rings is 1. The number of halogens is 1. The SMILES string of the molecule is Cc1cc(C(C)Nc2ccccc2C(=O)O)c2cc(-c3ccc(F)cc3)c(C#N)nc2c1. The quantitative estimate of drug-likeness (QED) is 0.404. The molecule has 1 aromatic heterocycles. The minimum absolute atomic E-state index is 0.188. The van der Waals surface area contributed by atoms with Gasteiger partial charge in [-0.3, -0.25) is 0 Å². The largest absolute Gasteiger partial charge is 0.478 e. The van der Waals surface area contributed by atoms with Crippen LogP contribution in [0.25, 0.3) is 22.0 Å². The van der Waals surface area contributed by atoms with E-state index in [0.717, 1.165) is 16.5 Å². The summed E-state index contributed by atoms with van der Waals surface area (Å²) in [6.07, 6.45) is 0. The molecule has 0 radical (unpaired) electrons. The summed E-state index contributed by atoms with van der Waals surface area (Å²) in [5.41, 5.74) is 4.83. The number of fused-ring (bicyclic) bond motifs is 1. The number of nitriles is 1.